The van der Waals surface area contributed by atoms with Gasteiger partial charge in [-0.25, -0.2) is 0 Å². The first kappa shape index (κ1) is 24.0. The number of carbonyl (C=O) groups is 1. The average Bonchev–Trinajstić information content (AvgIpc) is 2.79. The first-order chi connectivity index (χ1) is 15.3. The van der Waals surface area contributed by atoms with Crippen LogP contribution >= 0.6 is 0 Å². The number of hydrogen-bond donors (Lipinski definition) is 1. The molecule has 3 rings (SSSR count). The van der Waals surface area contributed by atoms with Crippen molar-refractivity contribution < 1.29 is 14.6 Å². The van der Waals surface area contributed by atoms with Crippen LogP contribution in [0.1, 0.15) is 50.0 Å². The van der Waals surface area contributed by atoms with E-state index < -0.39 is 6.10 Å². The molecule has 0 saturated heterocycles. The predicted molar refractivity (Wildman–Crippen MR) is 132 cm³/mol. The Balaban J connectivity index is 1.57. The number of rotatable bonds is 11. The number of benzene rings is 3. The topological polar surface area (TPSA) is 49.8 Å². The van der Waals surface area contributed by atoms with Gasteiger partial charge in [-0.05, 0) is 62.6 Å². The molecule has 0 radical (unpaired) electrons. The molecule has 0 saturated carbocycles. The van der Waals surface area contributed by atoms with E-state index in [2.05, 4.69) is 56.9 Å². The van der Waals surface area contributed by atoms with Gasteiger partial charge < -0.3 is 9.84 Å². The van der Waals surface area contributed by atoms with Crippen molar-refractivity contribution in [2.24, 2.45) is 0 Å². The van der Waals surface area contributed by atoms with Gasteiger partial charge in [-0.15, -0.1) is 0 Å². The molecule has 0 bridgehead atoms. The number of ketones is 1. The lowest BCUT2D eigenvalue weighted by molar-refractivity contribution is 0.0445. The smallest absolute Gasteiger partial charge is 0.163 e. The molecule has 32 heavy (non-hydrogen) atoms. The number of ether oxygens (including phenoxy) is 1. The van der Waals surface area contributed by atoms with Crippen LogP contribution in [0.25, 0.3) is 10.8 Å². The number of fused-ring (bicyclic) bond motifs is 1. The average molecular weight is 434 g/mol. The Morgan fingerprint density at radius 2 is 1.62 bits per heavy atom. The zero-order valence-electron chi connectivity index (χ0n) is 19.6. The summed E-state index contributed by atoms with van der Waals surface area (Å²) in [5.41, 5.74) is 1.83. The highest BCUT2D eigenvalue weighted by Crippen LogP contribution is 2.21. The molecule has 0 fully saturated rings. The van der Waals surface area contributed by atoms with E-state index in [1.807, 2.05) is 36.4 Å². The molecule has 1 atom stereocenters. The number of aryl methyl sites for hydroxylation is 1. The van der Waals surface area contributed by atoms with E-state index in [9.17, 15) is 9.90 Å². The minimum absolute atomic E-state index is 0.0923. The summed E-state index contributed by atoms with van der Waals surface area (Å²) in [6.07, 6.45) is 0.549. The Labute approximate surface area is 191 Å². The summed E-state index contributed by atoms with van der Waals surface area (Å²) in [6.45, 7) is 9.26. The Kier molecular flexibility index (Phi) is 8.43. The van der Waals surface area contributed by atoms with Gasteiger partial charge in [-0.2, -0.15) is 0 Å². The van der Waals surface area contributed by atoms with Gasteiger partial charge in [0.25, 0.3) is 0 Å². The number of aliphatic hydroxyl groups excluding tert-OH is 1. The lowest BCUT2D eigenvalue weighted by atomic mass is 9.98. The van der Waals surface area contributed by atoms with Gasteiger partial charge in [-0.1, -0.05) is 54.6 Å². The van der Waals surface area contributed by atoms with Crippen LogP contribution in [-0.4, -0.2) is 47.1 Å². The van der Waals surface area contributed by atoms with Crippen molar-refractivity contribution >= 4 is 16.6 Å². The largest absolute Gasteiger partial charge is 0.491 e. The summed E-state index contributed by atoms with van der Waals surface area (Å²) in [6, 6.07) is 22.5. The zero-order chi connectivity index (χ0) is 23.1. The molecule has 0 aliphatic heterocycles. The van der Waals surface area contributed by atoms with Gasteiger partial charge in [0.2, 0.25) is 0 Å². The molecule has 3 aromatic carbocycles. The van der Waals surface area contributed by atoms with Gasteiger partial charge in [-0.3, -0.25) is 9.69 Å². The van der Waals surface area contributed by atoms with Crippen LogP contribution in [0.4, 0.5) is 0 Å². The number of carbonyl (C=O) groups excluding carboxylic acids is 1. The molecular weight excluding hydrogens is 398 g/mol. The molecule has 0 heterocycles. The van der Waals surface area contributed by atoms with Crippen molar-refractivity contribution in [3.8, 4) is 5.75 Å². The maximum Gasteiger partial charge on any atom is 0.163 e. The van der Waals surface area contributed by atoms with E-state index in [1.165, 1.54) is 16.3 Å². The Hall–Kier alpha value is -2.69. The first-order valence-corrected chi connectivity index (χ1v) is 11.5. The third kappa shape index (κ3) is 6.41. The fourth-order valence-corrected chi connectivity index (χ4v) is 4.17. The molecule has 1 N–H and O–H groups in total. The molecule has 0 amide bonds. The minimum atomic E-state index is -0.592. The van der Waals surface area contributed by atoms with Gasteiger partial charge >= 0.3 is 0 Å². The highest BCUT2D eigenvalue weighted by molar-refractivity contribution is 5.97. The van der Waals surface area contributed by atoms with Crippen LogP contribution in [0.3, 0.4) is 0 Å². The molecule has 0 aliphatic carbocycles. The van der Waals surface area contributed by atoms with Crippen molar-refractivity contribution in [3.05, 3.63) is 77.9 Å². The maximum absolute atomic E-state index is 12.8. The molecule has 0 unspecified atom stereocenters. The predicted octanol–water partition coefficient (Wildman–Crippen LogP) is 5.51. The van der Waals surface area contributed by atoms with E-state index in [0.717, 1.165) is 0 Å². The fourth-order valence-electron chi connectivity index (χ4n) is 4.17. The Morgan fingerprint density at radius 3 is 2.38 bits per heavy atom. The van der Waals surface area contributed by atoms with E-state index in [4.69, 9.17) is 4.74 Å². The van der Waals surface area contributed by atoms with Gasteiger partial charge in [0, 0.05) is 30.6 Å². The summed E-state index contributed by atoms with van der Waals surface area (Å²) in [5, 5.41) is 12.8. The van der Waals surface area contributed by atoms with Crippen LogP contribution < -0.4 is 4.74 Å². The van der Waals surface area contributed by atoms with Gasteiger partial charge in [0.15, 0.2) is 5.78 Å². The molecule has 4 heteroatoms. The van der Waals surface area contributed by atoms with Crippen LogP contribution in [0.2, 0.25) is 0 Å². The molecule has 3 aromatic rings. The summed E-state index contributed by atoms with van der Waals surface area (Å²) in [7, 11) is 0. The van der Waals surface area contributed by atoms with Crippen LogP contribution in [0, 0.1) is 0 Å². The number of nitrogens with zero attached hydrogens (tertiary/aromatic N) is 1. The molecule has 0 spiro atoms. The van der Waals surface area contributed by atoms with Crippen molar-refractivity contribution in [1.82, 2.24) is 4.90 Å². The van der Waals surface area contributed by atoms with Crippen molar-refractivity contribution in [1.29, 1.82) is 0 Å². The van der Waals surface area contributed by atoms with Crippen LogP contribution in [-0.2, 0) is 6.42 Å². The molecule has 0 aromatic heterocycles. The van der Waals surface area contributed by atoms with Crippen LogP contribution in [0.15, 0.2) is 66.7 Å². The molecular formula is C28H35NO3. The lowest BCUT2D eigenvalue weighted by Crippen LogP contribution is -2.43. The number of Topliss-reactive ketones (excluding diaryl/α,β-unsaturated/α-hetero) is 1. The van der Waals surface area contributed by atoms with E-state index in [-0.39, 0.29) is 12.4 Å². The Morgan fingerprint density at radius 1 is 0.938 bits per heavy atom. The highest BCUT2D eigenvalue weighted by Gasteiger charge is 2.18. The highest BCUT2D eigenvalue weighted by atomic mass is 16.5. The lowest BCUT2D eigenvalue weighted by Gasteiger charge is -2.32. The van der Waals surface area contributed by atoms with E-state index >= 15 is 0 Å². The number of hydrogen-bond acceptors (Lipinski definition) is 4. The van der Waals surface area contributed by atoms with Crippen molar-refractivity contribution in [2.45, 2.75) is 58.7 Å². The third-order valence-corrected chi connectivity index (χ3v) is 5.85. The maximum atomic E-state index is 12.8. The summed E-state index contributed by atoms with van der Waals surface area (Å²) < 4.78 is 5.81. The second kappa shape index (κ2) is 11.3. The second-order valence-corrected chi connectivity index (χ2v) is 8.94. The standard InChI is InChI=1S/C28H35NO3/c1-20(2)29(21(3)4)18-25(30)19-32-26-13-8-12-24(17-26)28(31)16-15-23-11-7-10-22-9-5-6-14-27(22)23/h5-14,17,20-21,25,30H,15-16,18-19H2,1-4H3/t25-/m1/s1. The van der Waals surface area contributed by atoms with Crippen LogP contribution in [0.5, 0.6) is 5.75 Å². The quantitative estimate of drug-likeness (QED) is 0.405. The summed E-state index contributed by atoms with van der Waals surface area (Å²) in [5.74, 6) is 0.704. The minimum Gasteiger partial charge on any atom is -0.491 e. The first-order valence-electron chi connectivity index (χ1n) is 11.5. The second-order valence-electron chi connectivity index (χ2n) is 8.94. The Bertz CT molecular complexity index is 1010. The van der Waals surface area contributed by atoms with E-state index in [0.29, 0.717) is 42.8 Å². The van der Waals surface area contributed by atoms with Crippen molar-refractivity contribution in [2.75, 3.05) is 13.2 Å². The normalized spacial score (nSPS) is 12.6. The summed E-state index contributed by atoms with van der Waals surface area (Å²) in [4.78, 5) is 15.1. The summed E-state index contributed by atoms with van der Waals surface area (Å²) >= 11 is 0. The van der Waals surface area contributed by atoms with Gasteiger partial charge in [0.05, 0.1) is 0 Å². The zero-order valence-corrected chi connectivity index (χ0v) is 19.6. The SMILES string of the molecule is CC(C)N(C[C@@H](O)COc1cccc(C(=O)CCc2cccc3ccccc23)c1)C(C)C. The monoisotopic (exact) mass is 433 g/mol. The van der Waals surface area contributed by atoms with Crippen molar-refractivity contribution in [3.63, 3.8) is 0 Å². The third-order valence-electron chi connectivity index (χ3n) is 5.85. The van der Waals surface area contributed by atoms with E-state index in [1.54, 1.807) is 6.07 Å². The fraction of sp³-hybridized carbons (Fsp3) is 0.393. The molecule has 0 aliphatic rings. The molecule has 4 nitrogen and oxygen atoms in total. The molecule has 170 valence electrons. The number of aliphatic hydroxyl groups is 1. The van der Waals surface area contributed by atoms with Gasteiger partial charge in [0.1, 0.15) is 18.5 Å².